The van der Waals surface area contributed by atoms with Crippen LogP contribution in [-0.4, -0.2) is 21.4 Å². The van der Waals surface area contributed by atoms with Crippen molar-refractivity contribution in [3.63, 3.8) is 0 Å². The fourth-order valence-electron chi connectivity index (χ4n) is 3.29. The van der Waals surface area contributed by atoms with E-state index in [4.69, 9.17) is 9.16 Å². The Morgan fingerprint density at radius 2 is 1.71 bits per heavy atom. The SMILES string of the molecule is COC(=O)C1=CC(c2ccccc2)O[Si]1(C(C)C)C(C)C. The van der Waals surface area contributed by atoms with Gasteiger partial charge in [0.25, 0.3) is 0 Å². The van der Waals surface area contributed by atoms with Gasteiger partial charge in [-0.1, -0.05) is 58.0 Å². The normalized spacial score (nSPS) is 20.7. The fourth-order valence-corrected chi connectivity index (χ4v) is 8.00. The van der Waals surface area contributed by atoms with Crippen molar-refractivity contribution in [1.82, 2.24) is 0 Å². The molecule has 0 radical (unpaired) electrons. The maximum atomic E-state index is 12.3. The Hall–Kier alpha value is -1.39. The van der Waals surface area contributed by atoms with Gasteiger partial charge in [0.15, 0.2) is 0 Å². The Labute approximate surface area is 128 Å². The van der Waals surface area contributed by atoms with Crippen LogP contribution in [0.2, 0.25) is 11.1 Å². The first-order valence-corrected chi connectivity index (χ1v) is 9.53. The smallest absolute Gasteiger partial charge is 0.331 e. The number of rotatable bonds is 4. The molecule has 0 spiro atoms. The van der Waals surface area contributed by atoms with Gasteiger partial charge in [-0.05, 0) is 22.7 Å². The molecule has 1 unspecified atom stereocenters. The van der Waals surface area contributed by atoms with E-state index in [0.717, 1.165) is 10.8 Å². The van der Waals surface area contributed by atoms with Crippen molar-refractivity contribution in [3.05, 3.63) is 47.2 Å². The Kier molecular flexibility index (Phi) is 4.69. The van der Waals surface area contributed by atoms with E-state index in [9.17, 15) is 4.79 Å². The van der Waals surface area contributed by atoms with Gasteiger partial charge >= 0.3 is 5.97 Å². The van der Waals surface area contributed by atoms with E-state index >= 15 is 0 Å². The van der Waals surface area contributed by atoms with Gasteiger partial charge in [-0.15, -0.1) is 0 Å². The minimum Gasteiger partial charge on any atom is -0.466 e. The van der Waals surface area contributed by atoms with Crippen LogP contribution in [0.3, 0.4) is 0 Å². The number of methoxy groups -OCH3 is 1. The molecule has 1 aromatic carbocycles. The van der Waals surface area contributed by atoms with E-state index < -0.39 is 8.32 Å². The third kappa shape index (κ3) is 2.70. The van der Waals surface area contributed by atoms with E-state index in [1.165, 1.54) is 7.11 Å². The van der Waals surface area contributed by atoms with Crippen molar-refractivity contribution in [2.75, 3.05) is 7.11 Å². The average molecular weight is 304 g/mol. The van der Waals surface area contributed by atoms with Crippen molar-refractivity contribution in [2.45, 2.75) is 44.9 Å². The predicted molar refractivity (Wildman–Crippen MR) is 86.3 cm³/mol. The zero-order chi connectivity index (χ0) is 15.6. The molecule has 4 heteroatoms. The molecule has 114 valence electrons. The molecule has 3 nitrogen and oxygen atoms in total. The average Bonchev–Trinajstić information content (AvgIpc) is 2.89. The molecule has 0 N–H and O–H groups in total. The molecule has 0 aromatic heterocycles. The molecule has 0 saturated carbocycles. The lowest BCUT2D eigenvalue weighted by Crippen LogP contribution is -2.47. The highest BCUT2D eigenvalue weighted by molar-refractivity contribution is 6.87. The molecule has 0 bridgehead atoms. The Morgan fingerprint density at radius 1 is 1.14 bits per heavy atom. The number of benzene rings is 1. The summed E-state index contributed by atoms with van der Waals surface area (Å²) in [6.45, 7) is 8.60. The van der Waals surface area contributed by atoms with Gasteiger partial charge in [-0.2, -0.15) is 0 Å². The van der Waals surface area contributed by atoms with Crippen LogP contribution in [-0.2, 0) is 14.0 Å². The van der Waals surface area contributed by atoms with Crippen molar-refractivity contribution in [1.29, 1.82) is 0 Å². The first-order chi connectivity index (χ1) is 9.93. The first-order valence-electron chi connectivity index (χ1n) is 7.46. The van der Waals surface area contributed by atoms with Crippen LogP contribution in [0.25, 0.3) is 0 Å². The lowest BCUT2D eigenvalue weighted by molar-refractivity contribution is -0.135. The molecule has 1 heterocycles. The molecule has 0 saturated heterocycles. The van der Waals surface area contributed by atoms with Crippen LogP contribution in [0.15, 0.2) is 41.6 Å². The summed E-state index contributed by atoms with van der Waals surface area (Å²) in [4.78, 5) is 12.3. The van der Waals surface area contributed by atoms with Crippen molar-refractivity contribution in [3.8, 4) is 0 Å². The Morgan fingerprint density at radius 3 is 2.19 bits per heavy atom. The van der Waals surface area contributed by atoms with E-state index in [1.54, 1.807) is 0 Å². The van der Waals surface area contributed by atoms with E-state index in [2.05, 4.69) is 27.7 Å². The van der Waals surface area contributed by atoms with Crippen molar-refractivity contribution < 1.29 is 14.0 Å². The van der Waals surface area contributed by atoms with Crippen LogP contribution < -0.4 is 0 Å². The molecular formula is C17H24O3Si. The zero-order valence-electron chi connectivity index (χ0n) is 13.4. The van der Waals surface area contributed by atoms with Crippen LogP contribution in [0.1, 0.15) is 39.4 Å². The molecular weight excluding hydrogens is 280 g/mol. The highest BCUT2D eigenvalue weighted by atomic mass is 28.4. The largest absolute Gasteiger partial charge is 0.466 e. The van der Waals surface area contributed by atoms with Gasteiger partial charge in [0, 0.05) is 0 Å². The topological polar surface area (TPSA) is 35.5 Å². The number of carbonyl (C=O) groups is 1. The molecule has 0 amide bonds. The second-order valence-electron chi connectivity index (χ2n) is 6.12. The van der Waals surface area contributed by atoms with Crippen molar-refractivity contribution in [2.24, 2.45) is 0 Å². The van der Waals surface area contributed by atoms with Gasteiger partial charge in [0.2, 0.25) is 8.32 Å². The summed E-state index contributed by atoms with van der Waals surface area (Å²) in [7, 11) is -0.917. The summed E-state index contributed by atoms with van der Waals surface area (Å²) < 4.78 is 11.6. The van der Waals surface area contributed by atoms with Gasteiger partial charge in [-0.3, -0.25) is 0 Å². The quantitative estimate of drug-likeness (QED) is 0.619. The van der Waals surface area contributed by atoms with E-state index in [0.29, 0.717) is 11.1 Å². The van der Waals surface area contributed by atoms with Gasteiger partial charge < -0.3 is 9.16 Å². The summed E-state index contributed by atoms with van der Waals surface area (Å²) in [5.41, 5.74) is 1.72. The summed E-state index contributed by atoms with van der Waals surface area (Å²) in [6.07, 6.45) is 1.84. The maximum Gasteiger partial charge on any atom is 0.331 e. The Bertz CT molecular complexity index is 526. The third-order valence-electron chi connectivity index (χ3n) is 4.31. The molecule has 0 fully saturated rings. The van der Waals surface area contributed by atoms with Crippen LogP contribution in [0.5, 0.6) is 0 Å². The monoisotopic (exact) mass is 304 g/mol. The Balaban J connectivity index is 2.48. The number of carbonyl (C=O) groups excluding carboxylic acids is 1. The second-order valence-corrected chi connectivity index (χ2v) is 10.8. The molecule has 1 aromatic rings. The molecule has 1 atom stereocenters. The van der Waals surface area contributed by atoms with E-state index in [1.807, 2.05) is 36.4 Å². The summed E-state index contributed by atoms with van der Waals surface area (Å²) >= 11 is 0. The lowest BCUT2D eigenvalue weighted by atomic mass is 10.1. The lowest BCUT2D eigenvalue weighted by Gasteiger charge is -2.36. The molecule has 0 aliphatic carbocycles. The molecule has 2 rings (SSSR count). The predicted octanol–water partition coefficient (Wildman–Crippen LogP) is 4.16. The highest BCUT2D eigenvalue weighted by Crippen LogP contribution is 2.48. The number of hydrogen-bond donors (Lipinski definition) is 0. The molecule has 21 heavy (non-hydrogen) atoms. The minimum absolute atomic E-state index is 0.142. The zero-order valence-corrected chi connectivity index (χ0v) is 14.4. The fraction of sp³-hybridized carbons (Fsp3) is 0.471. The maximum absolute atomic E-state index is 12.3. The van der Waals surface area contributed by atoms with Crippen molar-refractivity contribution >= 4 is 14.3 Å². The van der Waals surface area contributed by atoms with Crippen LogP contribution in [0.4, 0.5) is 0 Å². The third-order valence-corrected chi connectivity index (χ3v) is 9.60. The first kappa shape index (κ1) is 16.0. The van der Waals surface area contributed by atoms with Gasteiger partial charge in [0.05, 0.1) is 18.4 Å². The van der Waals surface area contributed by atoms with Crippen LogP contribution >= 0.6 is 0 Å². The standard InChI is InChI=1S/C17H24O3Si/c1-12(2)21(13(3)4)16(17(18)19-5)11-15(20-21)14-9-7-6-8-10-14/h6-13,15H,1-5H3. The van der Waals surface area contributed by atoms with Crippen LogP contribution in [0, 0.1) is 0 Å². The summed E-state index contributed by atoms with van der Waals surface area (Å²) in [5, 5.41) is 0.781. The number of ether oxygens (including phenoxy) is 1. The number of hydrogen-bond acceptors (Lipinski definition) is 3. The highest BCUT2D eigenvalue weighted by Gasteiger charge is 2.54. The second kappa shape index (κ2) is 6.16. The van der Waals surface area contributed by atoms with E-state index in [-0.39, 0.29) is 12.1 Å². The summed E-state index contributed by atoms with van der Waals surface area (Å²) in [5.74, 6) is -0.234. The van der Waals surface area contributed by atoms with Gasteiger partial charge in [0.1, 0.15) is 0 Å². The minimum atomic E-state index is -2.36. The van der Waals surface area contributed by atoms with Gasteiger partial charge in [-0.25, -0.2) is 4.79 Å². The number of esters is 1. The summed E-state index contributed by atoms with van der Waals surface area (Å²) in [6, 6.07) is 10.1. The molecule has 1 aliphatic rings. The molecule has 1 aliphatic heterocycles.